The molecule has 3 aromatic carbocycles. The van der Waals surface area contributed by atoms with Crippen LogP contribution in [-0.2, 0) is 10.8 Å². The molecule has 1 aliphatic rings. The van der Waals surface area contributed by atoms with Crippen LogP contribution in [0.1, 0.15) is 29.9 Å². The van der Waals surface area contributed by atoms with E-state index in [9.17, 15) is 8.60 Å². The lowest BCUT2D eigenvalue weighted by Crippen LogP contribution is -2.33. The molecule has 2 nitrogen and oxygen atoms in total. The highest BCUT2D eigenvalue weighted by molar-refractivity contribution is 7.85. The van der Waals surface area contributed by atoms with Gasteiger partial charge >= 0.3 is 0 Å². The predicted molar refractivity (Wildman–Crippen MR) is 118 cm³/mol. The Kier molecular flexibility index (Phi) is 6.02. The molecule has 1 heterocycles. The lowest BCUT2D eigenvalue weighted by molar-refractivity contribution is 0.480. The molecule has 29 heavy (non-hydrogen) atoms. The first kappa shape index (κ1) is 20.1. The third-order valence-corrected chi connectivity index (χ3v) is 7.22. The molecule has 3 aromatic rings. The van der Waals surface area contributed by atoms with Gasteiger partial charge in [0, 0.05) is 23.0 Å². The van der Waals surface area contributed by atoms with Crippen molar-refractivity contribution in [1.82, 2.24) is 0 Å². The minimum atomic E-state index is -1.24. The Hall–Kier alpha value is -2.17. The van der Waals surface area contributed by atoms with Gasteiger partial charge in [-0.15, -0.1) is 0 Å². The van der Waals surface area contributed by atoms with E-state index in [4.69, 9.17) is 11.6 Å². The van der Waals surface area contributed by atoms with E-state index >= 15 is 0 Å². The monoisotopic (exact) mass is 427 g/mol. The summed E-state index contributed by atoms with van der Waals surface area (Å²) in [7, 11) is -1.24. The van der Waals surface area contributed by atoms with Crippen molar-refractivity contribution in [1.29, 1.82) is 0 Å². The largest absolute Gasteiger partial charge is 0.371 e. The van der Waals surface area contributed by atoms with E-state index in [1.807, 2.05) is 55.5 Å². The van der Waals surface area contributed by atoms with Gasteiger partial charge in [-0.25, -0.2) is 8.60 Å². The minimum Gasteiger partial charge on any atom is -0.371 e. The fraction of sp³-hybridized carbons (Fsp3) is 0.250. The van der Waals surface area contributed by atoms with Gasteiger partial charge in [0.25, 0.3) is 0 Å². The molecule has 5 heteroatoms. The molecule has 0 radical (unpaired) electrons. The second-order valence-electron chi connectivity index (χ2n) is 7.48. The van der Waals surface area contributed by atoms with Gasteiger partial charge in [-0.3, -0.25) is 0 Å². The van der Waals surface area contributed by atoms with Crippen molar-refractivity contribution >= 4 is 28.1 Å². The Morgan fingerprint density at radius 2 is 1.69 bits per heavy atom. The Morgan fingerprint density at radius 1 is 1.00 bits per heavy atom. The standard InChI is InChI=1S/C24H23ClFNOS/c1-17-6-9-20(10-7-17)29(28)24-5-3-2-4-23(24)27-14-12-18(13-15-27)21-11-8-19(25)16-22(21)26/h2-11,16,18H,12-15H2,1H3/t29-/m0/s1. The van der Waals surface area contributed by atoms with Gasteiger partial charge in [0.05, 0.1) is 21.4 Å². The van der Waals surface area contributed by atoms with E-state index in [1.54, 1.807) is 12.1 Å². The number of hydrogen-bond acceptors (Lipinski definition) is 2. The smallest absolute Gasteiger partial charge is 0.128 e. The van der Waals surface area contributed by atoms with Crippen LogP contribution in [0.15, 0.2) is 76.5 Å². The zero-order valence-electron chi connectivity index (χ0n) is 16.3. The maximum atomic E-state index is 14.3. The molecule has 1 fully saturated rings. The number of piperidine rings is 1. The fourth-order valence-corrected chi connectivity index (χ4v) is 5.31. The number of nitrogens with zero attached hydrogens (tertiary/aromatic N) is 1. The molecule has 1 atom stereocenters. The molecule has 4 rings (SSSR count). The first-order valence-electron chi connectivity index (χ1n) is 9.80. The minimum absolute atomic E-state index is 0.179. The zero-order chi connectivity index (χ0) is 20.4. The second-order valence-corrected chi connectivity index (χ2v) is 9.36. The molecule has 0 aromatic heterocycles. The van der Waals surface area contributed by atoms with Crippen molar-refractivity contribution < 1.29 is 8.60 Å². The Labute approximate surface area is 178 Å². The van der Waals surface area contributed by atoms with Crippen molar-refractivity contribution in [2.45, 2.75) is 35.5 Å². The normalized spacial score (nSPS) is 16.0. The van der Waals surface area contributed by atoms with E-state index < -0.39 is 10.8 Å². The summed E-state index contributed by atoms with van der Waals surface area (Å²) in [5, 5.41) is 0.427. The molecule has 1 aliphatic heterocycles. The topological polar surface area (TPSA) is 20.3 Å². The number of para-hydroxylation sites is 1. The maximum absolute atomic E-state index is 14.3. The third-order valence-electron chi connectivity index (χ3n) is 5.54. The zero-order valence-corrected chi connectivity index (χ0v) is 17.8. The van der Waals surface area contributed by atoms with Crippen LogP contribution >= 0.6 is 11.6 Å². The summed E-state index contributed by atoms with van der Waals surface area (Å²) in [6, 6.07) is 20.7. The average molecular weight is 428 g/mol. The molecule has 0 aliphatic carbocycles. The van der Waals surface area contributed by atoms with Gasteiger partial charge in [0.1, 0.15) is 5.82 Å². The van der Waals surface area contributed by atoms with Crippen LogP contribution in [0.5, 0.6) is 0 Å². The number of hydrogen-bond donors (Lipinski definition) is 0. The maximum Gasteiger partial charge on any atom is 0.128 e. The Balaban J connectivity index is 1.53. The number of aryl methyl sites for hydroxylation is 1. The molecule has 0 amide bonds. The van der Waals surface area contributed by atoms with Gasteiger partial charge in [-0.1, -0.05) is 47.5 Å². The van der Waals surface area contributed by atoms with E-state index in [1.165, 1.54) is 6.07 Å². The highest BCUT2D eigenvalue weighted by atomic mass is 35.5. The summed E-state index contributed by atoms with van der Waals surface area (Å²) >= 11 is 5.89. The summed E-state index contributed by atoms with van der Waals surface area (Å²) < 4.78 is 27.5. The number of anilines is 1. The lowest BCUT2D eigenvalue weighted by atomic mass is 9.89. The van der Waals surface area contributed by atoms with Crippen LogP contribution in [0.25, 0.3) is 0 Å². The van der Waals surface area contributed by atoms with Gasteiger partial charge < -0.3 is 4.90 Å². The van der Waals surface area contributed by atoms with Crippen molar-refractivity contribution in [2.75, 3.05) is 18.0 Å². The Morgan fingerprint density at radius 3 is 2.38 bits per heavy atom. The summed E-state index contributed by atoms with van der Waals surface area (Å²) in [6.07, 6.45) is 1.70. The Bertz CT molecular complexity index is 1030. The summed E-state index contributed by atoms with van der Waals surface area (Å²) in [6.45, 7) is 3.62. The summed E-state index contributed by atoms with van der Waals surface area (Å²) in [5.41, 5.74) is 2.89. The van der Waals surface area contributed by atoms with Crippen LogP contribution in [0.3, 0.4) is 0 Å². The second kappa shape index (κ2) is 8.68. The first-order valence-corrected chi connectivity index (χ1v) is 11.3. The van der Waals surface area contributed by atoms with Gasteiger partial charge in [0.2, 0.25) is 0 Å². The van der Waals surface area contributed by atoms with E-state index in [0.29, 0.717) is 5.02 Å². The molecule has 1 saturated heterocycles. The first-order chi connectivity index (χ1) is 14.0. The van der Waals surface area contributed by atoms with Crippen LogP contribution in [0.2, 0.25) is 5.02 Å². The van der Waals surface area contributed by atoms with E-state index in [2.05, 4.69) is 4.90 Å². The van der Waals surface area contributed by atoms with Gasteiger partial charge in [0.15, 0.2) is 0 Å². The van der Waals surface area contributed by atoms with Crippen molar-refractivity contribution in [3.05, 3.63) is 88.7 Å². The fourth-order valence-electron chi connectivity index (χ4n) is 3.93. The van der Waals surface area contributed by atoms with Crippen LogP contribution < -0.4 is 4.90 Å². The highest BCUT2D eigenvalue weighted by Crippen LogP contribution is 2.35. The molecule has 0 spiro atoms. The average Bonchev–Trinajstić information content (AvgIpc) is 2.74. The number of rotatable bonds is 4. The SMILES string of the molecule is Cc1ccc([S@](=O)c2ccccc2N2CCC(c3ccc(Cl)cc3F)CC2)cc1. The molecule has 150 valence electrons. The van der Waals surface area contributed by atoms with E-state index in [0.717, 1.165) is 52.5 Å². The van der Waals surface area contributed by atoms with Gasteiger partial charge in [-0.05, 0) is 67.6 Å². The molecule has 0 saturated carbocycles. The van der Waals surface area contributed by atoms with Crippen LogP contribution in [-0.4, -0.2) is 17.3 Å². The summed E-state index contributed by atoms with van der Waals surface area (Å²) in [5.74, 6) is -0.0462. The number of halogens is 2. The van der Waals surface area contributed by atoms with Gasteiger partial charge in [-0.2, -0.15) is 0 Å². The quantitative estimate of drug-likeness (QED) is 0.484. The van der Waals surface area contributed by atoms with Crippen LogP contribution in [0, 0.1) is 12.7 Å². The predicted octanol–water partition coefficient (Wildman–Crippen LogP) is 6.34. The van der Waals surface area contributed by atoms with E-state index in [-0.39, 0.29) is 11.7 Å². The summed E-state index contributed by atoms with van der Waals surface area (Å²) in [4.78, 5) is 3.90. The third kappa shape index (κ3) is 4.39. The molecule has 0 bridgehead atoms. The molecular weight excluding hydrogens is 405 g/mol. The highest BCUT2D eigenvalue weighted by Gasteiger charge is 2.25. The molecule has 0 N–H and O–H groups in total. The molecule has 0 unspecified atom stereocenters. The van der Waals surface area contributed by atoms with Crippen molar-refractivity contribution in [3.8, 4) is 0 Å². The van der Waals surface area contributed by atoms with Crippen molar-refractivity contribution in [2.24, 2.45) is 0 Å². The van der Waals surface area contributed by atoms with Crippen molar-refractivity contribution in [3.63, 3.8) is 0 Å². The number of benzene rings is 3. The van der Waals surface area contributed by atoms with Crippen LogP contribution in [0.4, 0.5) is 10.1 Å². The lowest BCUT2D eigenvalue weighted by Gasteiger charge is -2.35. The molecular formula is C24H23ClFNOS.